The van der Waals surface area contributed by atoms with Gasteiger partial charge in [-0.25, -0.2) is 8.78 Å². The van der Waals surface area contributed by atoms with E-state index in [-0.39, 0.29) is 12.5 Å². The molecule has 1 amide bonds. The van der Waals surface area contributed by atoms with Crippen molar-refractivity contribution >= 4 is 27.5 Å². The Labute approximate surface area is 128 Å². The molecule has 0 fully saturated rings. The summed E-state index contributed by atoms with van der Waals surface area (Å²) in [7, 11) is 0. The van der Waals surface area contributed by atoms with E-state index < -0.39 is 17.7 Å². The highest BCUT2D eigenvalue weighted by molar-refractivity contribution is 9.10. The summed E-state index contributed by atoms with van der Waals surface area (Å²) in [4.78, 5) is 13.5. The Morgan fingerprint density at radius 1 is 1.19 bits per heavy atom. The number of nitrogens with zero attached hydrogens (tertiary/aromatic N) is 1. The van der Waals surface area contributed by atoms with Crippen molar-refractivity contribution in [1.82, 2.24) is 0 Å². The third-order valence-electron chi connectivity index (χ3n) is 3.49. The lowest BCUT2D eigenvalue weighted by Gasteiger charge is -2.18. The fraction of sp³-hybridized carbons (Fsp3) is 0.133. The van der Waals surface area contributed by atoms with Gasteiger partial charge in [-0.3, -0.25) is 4.79 Å². The van der Waals surface area contributed by atoms with Crippen LogP contribution in [0.15, 0.2) is 40.9 Å². The zero-order chi connectivity index (χ0) is 15.1. The van der Waals surface area contributed by atoms with Crippen LogP contribution in [-0.2, 0) is 11.3 Å². The van der Waals surface area contributed by atoms with Gasteiger partial charge in [0.2, 0.25) is 5.91 Å². The van der Waals surface area contributed by atoms with Crippen molar-refractivity contribution in [1.29, 1.82) is 0 Å². The van der Waals surface area contributed by atoms with Gasteiger partial charge >= 0.3 is 0 Å². The number of benzene rings is 2. The molecule has 3 rings (SSSR count). The van der Waals surface area contributed by atoms with Crippen LogP contribution in [0.3, 0.4) is 0 Å². The van der Waals surface area contributed by atoms with E-state index in [2.05, 4.69) is 15.9 Å². The lowest BCUT2D eigenvalue weighted by Crippen LogP contribution is -2.31. The van der Waals surface area contributed by atoms with Crippen molar-refractivity contribution in [2.24, 2.45) is 5.73 Å². The summed E-state index contributed by atoms with van der Waals surface area (Å²) in [6, 6.07) is 7.63. The predicted octanol–water partition coefficient (Wildman–Crippen LogP) is 3.27. The van der Waals surface area contributed by atoms with E-state index in [4.69, 9.17) is 5.73 Å². The molecule has 3 nitrogen and oxygen atoms in total. The molecule has 2 aromatic carbocycles. The largest absolute Gasteiger partial charge is 0.316 e. The van der Waals surface area contributed by atoms with Crippen molar-refractivity contribution in [2.75, 3.05) is 4.90 Å². The zero-order valence-electron chi connectivity index (χ0n) is 10.8. The monoisotopic (exact) mass is 352 g/mol. The van der Waals surface area contributed by atoms with Crippen LogP contribution in [0.2, 0.25) is 0 Å². The van der Waals surface area contributed by atoms with Gasteiger partial charge in [-0.1, -0.05) is 22.0 Å². The molecule has 2 N–H and O–H groups in total. The van der Waals surface area contributed by atoms with Crippen LogP contribution in [0.1, 0.15) is 17.2 Å². The maximum Gasteiger partial charge on any atom is 0.248 e. The summed E-state index contributed by atoms with van der Waals surface area (Å²) in [5.41, 5.74) is 7.12. The van der Waals surface area contributed by atoms with Crippen LogP contribution < -0.4 is 10.6 Å². The second-order valence-corrected chi connectivity index (χ2v) is 5.76. The predicted molar refractivity (Wildman–Crippen MR) is 78.6 cm³/mol. The van der Waals surface area contributed by atoms with Gasteiger partial charge in [0.1, 0.15) is 17.7 Å². The van der Waals surface area contributed by atoms with Crippen molar-refractivity contribution in [3.05, 3.63) is 63.6 Å². The second-order valence-electron chi connectivity index (χ2n) is 4.84. The number of anilines is 1. The Bertz CT molecular complexity index is 736. The molecule has 0 saturated carbocycles. The van der Waals surface area contributed by atoms with Crippen molar-refractivity contribution < 1.29 is 13.6 Å². The van der Waals surface area contributed by atoms with Crippen molar-refractivity contribution in [3.8, 4) is 0 Å². The highest BCUT2D eigenvalue weighted by atomic mass is 79.9. The summed E-state index contributed by atoms with van der Waals surface area (Å²) < 4.78 is 28.0. The van der Waals surface area contributed by atoms with E-state index in [1.807, 2.05) is 0 Å². The molecule has 0 radical (unpaired) electrons. The topological polar surface area (TPSA) is 46.3 Å². The first-order valence-electron chi connectivity index (χ1n) is 6.27. The molecule has 0 saturated heterocycles. The standard InChI is InChI=1S/C15H11BrF2N2O/c16-9-1-4-12(18)8(5-9)7-20-13-6-10(17)2-3-11(13)14(19)15(20)21/h1-6,14H,7,19H2. The Morgan fingerprint density at radius 3 is 2.71 bits per heavy atom. The molecule has 1 atom stereocenters. The molecule has 1 unspecified atom stereocenters. The number of rotatable bonds is 2. The summed E-state index contributed by atoms with van der Waals surface area (Å²) in [6.07, 6.45) is 0. The number of carbonyl (C=O) groups is 1. The molecule has 21 heavy (non-hydrogen) atoms. The van der Waals surface area contributed by atoms with Crippen LogP contribution in [0.4, 0.5) is 14.5 Å². The zero-order valence-corrected chi connectivity index (χ0v) is 12.4. The first kappa shape index (κ1) is 14.2. The maximum absolute atomic E-state index is 13.8. The number of hydrogen-bond acceptors (Lipinski definition) is 2. The number of fused-ring (bicyclic) bond motifs is 1. The van der Waals surface area contributed by atoms with E-state index in [0.29, 0.717) is 21.3 Å². The van der Waals surface area contributed by atoms with Gasteiger partial charge in [0.15, 0.2) is 0 Å². The van der Waals surface area contributed by atoms with Crippen LogP contribution in [0, 0.1) is 11.6 Å². The number of halogens is 3. The highest BCUT2D eigenvalue weighted by Crippen LogP contribution is 2.36. The van der Waals surface area contributed by atoms with Gasteiger partial charge in [0.25, 0.3) is 0 Å². The van der Waals surface area contributed by atoms with Crippen LogP contribution in [0.25, 0.3) is 0 Å². The molecule has 108 valence electrons. The molecule has 6 heteroatoms. The minimum Gasteiger partial charge on any atom is -0.316 e. The summed E-state index contributed by atoms with van der Waals surface area (Å²) in [6.45, 7) is 0.00819. The maximum atomic E-state index is 13.8. The third kappa shape index (κ3) is 2.45. The average Bonchev–Trinajstić information content (AvgIpc) is 2.67. The first-order valence-corrected chi connectivity index (χ1v) is 7.07. The molecular weight excluding hydrogens is 342 g/mol. The SMILES string of the molecule is NC1C(=O)N(Cc2cc(Br)ccc2F)c2cc(F)ccc21. The number of amides is 1. The van der Waals surface area contributed by atoms with Gasteiger partial charge < -0.3 is 10.6 Å². The first-order chi connectivity index (χ1) is 9.97. The van der Waals surface area contributed by atoms with Gasteiger partial charge in [0.05, 0.1) is 12.2 Å². The van der Waals surface area contributed by atoms with Gasteiger partial charge in [-0.05, 0) is 30.3 Å². The van der Waals surface area contributed by atoms with E-state index in [1.54, 1.807) is 12.1 Å². The van der Waals surface area contributed by atoms with E-state index in [9.17, 15) is 13.6 Å². The fourth-order valence-corrected chi connectivity index (χ4v) is 2.84. The normalized spacial score (nSPS) is 17.2. The Balaban J connectivity index is 2.02. The molecule has 1 heterocycles. The van der Waals surface area contributed by atoms with Crippen LogP contribution in [-0.4, -0.2) is 5.91 Å². The second kappa shape index (κ2) is 5.20. The van der Waals surface area contributed by atoms with E-state index >= 15 is 0 Å². The van der Waals surface area contributed by atoms with Gasteiger partial charge in [-0.2, -0.15) is 0 Å². The molecule has 0 aliphatic carbocycles. The number of nitrogens with two attached hydrogens (primary N) is 1. The summed E-state index contributed by atoms with van der Waals surface area (Å²) in [5.74, 6) is -1.25. The summed E-state index contributed by atoms with van der Waals surface area (Å²) in [5, 5.41) is 0. The molecule has 0 aromatic heterocycles. The Kier molecular flexibility index (Phi) is 3.51. The number of hydrogen-bond donors (Lipinski definition) is 1. The fourth-order valence-electron chi connectivity index (χ4n) is 2.43. The van der Waals surface area contributed by atoms with Gasteiger partial charge in [-0.15, -0.1) is 0 Å². The quantitative estimate of drug-likeness (QED) is 0.901. The lowest BCUT2D eigenvalue weighted by molar-refractivity contribution is -0.119. The Morgan fingerprint density at radius 2 is 1.95 bits per heavy atom. The lowest BCUT2D eigenvalue weighted by atomic mass is 10.1. The molecule has 2 aromatic rings. The minimum absolute atomic E-state index is 0.00819. The Hall–Kier alpha value is -1.79. The van der Waals surface area contributed by atoms with Crippen LogP contribution in [0.5, 0.6) is 0 Å². The minimum atomic E-state index is -0.837. The smallest absolute Gasteiger partial charge is 0.248 e. The summed E-state index contributed by atoms with van der Waals surface area (Å²) >= 11 is 3.26. The van der Waals surface area contributed by atoms with E-state index in [0.717, 1.165) is 0 Å². The molecular formula is C15H11BrF2N2O. The van der Waals surface area contributed by atoms with Crippen molar-refractivity contribution in [2.45, 2.75) is 12.6 Å². The molecule has 1 aliphatic rings. The number of carbonyl (C=O) groups excluding carboxylic acids is 1. The molecule has 1 aliphatic heterocycles. The third-order valence-corrected chi connectivity index (χ3v) is 3.98. The van der Waals surface area contributed by atoms with Crippen LogP contribution >= 0.6 is 15.9 Å². The molecule has 0 bridgehead atoms. The average molecular weight is 353 g/mol. The van der Waals surface area contributed by atoms with E-state index in [1.165, 1.54) is 29.2 Å². The van der Waals surface area contributed by atoms with Gasteiger partial charge in [0, 0.05) is 15.6 Å². The highest BCUT2D eigenvalue weighted by Gasteiger charge is 2.35. The van der Waals surface area contributed by atoms with Crippen molar-refractivity contribution in [3.63, 3.8) is 0 Å². The molecule has 0 spiro atoms.